The Balaban J connectivity index is 2.24. The van der Waals surface area contributed by atoms with Crippen LogP contribution in [0.1, 0.15) is 37.0 Å². The van der Waals surface area contributed by atoms with E-state index in [0.717, 1.165) is 23.7 Å². The minimum Gasteiger partial charge on any atom is -0.465 e. The number of benzene rings is 1. The second-order valence-electron chi connectivity index (χ2n) is 5.44. The molecule has 1 aromatic carbocycles. The van der Waals surface area contributed by atoms with Crippen molar-refractivity contribution in [1.29, 1.82) is 0 Å². The highest BCUT2D eigenvalue weighted by atomic mass is 16.5. The summed E-state index contributed by atoms with van der Waals surface area (Å²) in [6.07, 6.45) is 3.66. The van der Waals surface area contributed by atoms with Gasteiger partial charge in [0.15, 0.2) is 0 Å². The van der Waals surface area contributed by atoms with Crippen molar-refractivity contribution >= 4 is 22.8 Å². The monoisotopic (exact) mass is 302 g/mol. The lowest BCUT2D eigenvalue weighted by molar-refractivity contribution is -0.122. The molecule has 0 saturated heterocycles. The highest BCUT2D eigenvalue weighted by Gasteiger charge is 2.16. The van der Waals surface area contributed by atoms with Crippen LogP contribution in [0.25, 0.3) is 10.9 Å². The van der Waals surface area contributed by atoms with Crippen molar-refractivity contribution in [2.24, 2.45) is 0 Å². The molecule has 2 aromatic rings. The van der Waals surface area contributed by atoms with E-state index in [1.165, 1.54) is 7.11 Å². The van der Waals surface area contributed by atoms with Crippen molar-refractivity contribution in [3.63, 3.8) is 0 Å². The zero-order valence-corrected chi connectivity index (χ0v) is 13.3. The molecule has 0 spiro atoms. The highest BCUT2D eigenvalue weighted by molar-refractivity contribution is 6.04. The fourth-order valence-corrected chi connectivity index (χ4v) is 2.63. The topological polar surface area (TPSA) is 60.3 Å². The molecule has 0 aliphatic rings. The third-order valence-electron chi connectivity index (χ3n) is 3.64. The van der Waals surface area contributed by atoms with E-state index in [2.05, 4.69) is 12.2 Å². The number of nitrogens with zero attached hydrogens (tertiary/aromatic N) is 1. The average Bonchev–Trinajstić information content (AvgIpc) is 2.85. The number of esters is 1. The van der Waals surface area contributed by atoms with E-state index >= 15 is 0 Å². The summed E-state index contributed by atoms with van der Waals surface area (Å²) in [5.41, 5.74) is 1.33. The van der Waals surface area contributed by atoms with Gasteiger partial charge in [-0.05, 0) is 19.4 Å². The SMILES string of the molecule is CCCC(C)NC(=O)Cn1cc(C(=O)OC)c2ccccc21. The van der Waals surface area contributed by atoms with Gasteiger partial charge in [0.2, 0.25) is 5.91 Å². The van der Waals surface area contributed by atoms with Crippen LogP contribution in [0, 0.1) is 0 Å². The first-order valence-electron chi connectivity index (χ1n) is 7.52. The minimum atomic E-state index is -0.394. The van der Waals surface area contributed by atoms with Gasteiger partial charge >= 0.3 is 5.97 Å². The third-order valence-corrected chi connectivity index (χ3v) is 3.64. The molecule has 0 bridgehead atoms. The normalized spacial score (nSPS) is 12.1. The summed E-state index contributed by atoms with van der Waals surface area (Å²) in [4.78, 5) is 24.0. The van der Waals surface area contributed by atoms with Gasteiger partial charge in [-0.2, -0.15) is 0 Å². The molecular formula is C17H22N2O3. The molecule has 5 heteroatoms. The Bertz CT molecular complexity index is 676. The van der Waals surface area contributed by atoms with Crippen LogP contribution in [0.5, 0.6) is 0 Å². The van der Waals surface area contributed by atoms with Crippen LogP contribution in [-0.2, 0) is 16.1 Å². The molecule has 0 aliphatic heterocycles. The summed E-state index contributed by atoms with van der Waals surface area (Å²) in [5.74, 6) is -0.451. The molecule has 1 aromatic heterocycles. The Labute approximate surface area is 130 Å². The zero-order valence-electron chi connectivity index (χ0n) is 13.3. The summed E-state index contributed by atoms with van der Waals surface area (Å²) in [5, 5.41) is 3.77. The highest BCUT2D eigenvalue weighted by Crippen LogP contribution is 2.22. The van der Waals surface area contributed by atoms with Crippen LogP contribution in [-0.4, -0.2) is 29.6 Å². The maximum atomic E-state index is 12.1. The van der Waals surface area contributed by atoms with Crippen molar-refractivity contribution in [3.05, 3.63) is 36.0 Å². The number of para-hydroxylation sites is 1. The largest absolute Gasteiger partial charge is 0.465 e. The minimum absolute atomic E-state index is 0.0573. The standard InChI is InChI=1S/C17H22N2O3/c1-4-7-12(2)18-16(20)11-19-10-14(17(21)22-3)13-8-5-6-9-15(13)19/h5-6,8-10,12H,4,7,11H2,1-3H3,(H,18,20). The van der Waals surface area contributed by atoms with Gasteiger partial charge in [-0.25, -0.2) is 4.79 Å². The maximum absolute atomic E-state index is 12.1. The number of methoxy groups -OCH3 is 1. The van der Waals surface area contributed by atoms with Gasteiger partial charge in [0.25, 0.3) is 0 Å². The summed E-state index contributed by atoms with van der Waals surface area (Å²) < 4.78 is 6.59. The Morgan fingerprint density at radius 3 is 2.73 bits per heavy atom. The molecule has 0 fully saturated rings. The lowest BCUT2D eigenvalue weighted by Crippen LogP contribution is -2.34. The van der Waals surface area contributed by atoms with Gasteiger partial charge in [0.05, 0.1) is 12.7 Å². The number of rotatable bonds is 6. The fraction of sp³-hybridized carbons (Fsp3) is 0.412. The van der Waals surface area contributed by atoms with Crippen molar-refractivity contribution in [2.45, 2.75) is 39.3 Å². The second-order valence-corrected chi connectivity index (χ2v) is 5.44. The number of carbonyl (C=O) groups excluding carboxylic acids is 2. The summed E-state index contributed by atoms with van der Waals surface area (Å²) in [7, 11) is 1.35. The number of ether oxygens (including phenoxy) is 1. The second kappa shape index (κ2) is 7.11. The number of hydrogen-bond donors (Lipinski definition) is 1. The van der Waals surface area contributed by atoms with Crippen LogP contribution in [0.4, 0.5) is 0 Å². The van der Waals surface area contributed by atoms with Crippen LogP contribution in [0.3, 0.4) is 0 Å². The van der Waals surface area contributed by atoms with Gasteiger partial charge in [0.1, 0.15) is 6.54 Å². The Hall–Kier alpha value is -2.30. The first-order chi connectivity index (χ1) is 10.6. The van der Waals surface area contributed by atoms with Crippen molar-refractivity contribution < 1.29 is 14.3 Å². The van der Waals surface area contributed by atoms with Gasteiger partial charge in [-0.3, -0.25) is 4.79 Å². The number of nitrogens with one attached hydrogen (secondary N) is 1. The van der Waals surface area contributed by atoms with Gasteiger partial charge in [-0.1, -0.05) is 31.5 Å². The van der Waals surface area contributed by atoms with Crippen LogP contribution >= 0.6 is 0 Å². The molecule has 1 unspecified atom stereocenters. The van der Waals surface area contributed by atoms with Crippen LogP contribution < -0.4 is 5.32 Å². The zero-order chi connectivity index (χ0) is 16.1. The first kappa shape index (κ1) is 16.1. The summed E-state index contributed by atoms with van der Waals surface area (Å²) >= 11 is 0. The molecular weight excluding hydrogens is 280 g/mol. The summed E-state index contributed by atoms with van der Waals surface area (Å²) in [6.45, 7) is 4.27. The van der Waals surface area contributed by atoms with Crippen molar-refractivity contribution in [1.82, 2.24) is 9.88 Å². The van der Waals surface area contributed by atoms with E-state index in [1.807, 2.05) is 31.2 Å². The molecule has 1 heterocycles. The Morgan fingerprint density at radius 2 is 2.05 bits per heavy atom. The molecule has 0 aliphatic carbocycles. The quantitative estimate of drug-likeness (QED) is 0.835. The Morgan fingerprint density at radius 1 is 1.32 bits per heavy atom. The lowest BCUT2D eigenvalue weighted by atomic mass is 10.2. The summed E-state index contributed by atoms with van der Waals surface area (Å²) in [6, 6.07) is 7.65. The number of amides is 1. The Kier molecular flexibility index (Phi) is 5.20. The average molecular weight is 302 g/mol. The molecule has 0 radical (unpaired) electrons. The van der Waals surface area contributed by atoms with E-state index in [1.54, 1.807) is 10.8 Å². The molecule has 1 atom stereocenters. The first-order valence-corrected chi connectivity index (χ1v) is 7.52. The maximum Gasteiger partial charge on any atom is 0.340 e. The van der Waals surface area contributed by atoms with E-state index < -0.39 is 5.97 Å². The fourth-order valence-electron chi connectivity index (χ4n) is 2.63. The van der Waals surface area contributed by atoms with Crippen LogP contribution in [0.15, 0.2) is 30.5 Å². The van der Waals surface area contributed by atoms with Gasteiger partial charge in [-0.15, -0.1) is 0 Å². The van der Waals surface area contributed by atoms with E-state index in [-0.39, 0.29) is 18.5 Å². The lowest BCUT2D eigenvalue weighted by Gasteiger charge is -2.13. The van der Waals surface area contributed by atoms with Crippen molar-refractivity contribution in [2.75, 3.05) is 7.11 Å². The molecule has 5 nitrogen and oxygen atoms in total. The molecule has 0 saturated carbocycles. The van der Waals surface area contributed by atoms with E-state index in [4.69, 9.17) is 4.74 Å². The smallest absolute Gasteiger partial charge is 0.340 e. The number of carbonyl (C=O) groups is 2. The third kappa shape index (κ3) is 3.47. The van der Waals surface area contributed by atoms with Gasteiger partial charge in [0, 0.05) is 23.1 Å². The van der Waals surface area contributed by atoms with Gasteiger partial charge < -0.3 is 14.6 Å². The van der Waals surface area contributed by atoms with E-state index in [9.17, 15) is 9.59 Å². The predicted molar refractivity (Wildman–Crippen MR) is 85.8 cm³/mol. The molecule has 2 rings (SSSR count). The number of hydrogen-bond acceptors (Lipinski definition) is 3. The molecule has 1 N–H and O–H groups in total. The molecule has 1 amide bonds. The van der Waals surface area contributed by atoms with E-state index in [0.29, 0.717) is 5.56 Å². The predicted octanol–water partition coefficient (Wildman–Crippen LogP) is 2.73. The number of fused-ring (bicyclic) bond motifs is 1. The van der Waals surface area contributed by atoms with Crippen molar-refractivity contribution in [3.8, 4) is 0 Å². The molecule has 118 valence electrons. The molecule has 22 heavy (non-hydrogen) atoms. The number of aromatic nitrogens is 1. The van der Waals surface area contributed by atoms with Crippen LogP contribution in [0.2, 0.25) is 0 Å².